The molecule has 2 aliphatic rings. The van der Waals surface area contributed by atoms with Gasteiger partial charge in [0.1, 0.15) is 11.4 Å². The van der Waals surface area contributed by atoms with Gasteiger partial charge in [-0.15, -0.1) is 0 Å². The van der Waals surface area contributed by atoms with E-state index >= 15 is 0 Å². The zero-order valence-electron chi connectivity index (χ0n) is 16.9. The molecular formula is C24H27N3O2. The average molecular weight is 389 g/mol. The number of aromatic nitrogens is 1. The predicted molar refractivity (Wildman–Crippen MR) is 114 cm³/mol. The van der Waals surface area contributed by atoms with Crippen LogP contribution in [0.5, 0.6) is 5.75 Å². The molecule has 0 aliphatic carbocycles. The van der Waals surface area contributed by atoms with Gasteiger partial charge < -0.3 is 14.2 Å². The highest BCUT2D eigenvalue weighted by Crippen LogP contribution is 2.28. The van der Waals surface area contributed by atoms with Gasteiger partial charge in [0, 0.05) is 18.5 Å². The van der Waals surface area contributed by atoms with Gasteiger partial charge in [0.15, 0.2) is 0 Å². The summed E-state index contributed by atoms with van der Waals surface area (Å²) in [5, 5.41) is 1.15. The largest absolute Gasteiger partial charge is 0.497 e. The first-order valence-corrected chi connectivity index (χ1v) is 10.4. The number of benzene rings is 2. The van der Waals surface area contributed by atoms with Crippen LogP contribution >= 0.6 is 0 Å². The van der Waals surface area contributed by atoms with Crippen molar-refractivity contribution in [1.82, 2.24) is 14.4 Å². The van der Waals surface area contributed by atoms with E-state index in [4.69, 9.17) is 4.74 Å². The van der Waals surface area contributed by atoms with Crippen molar-refractivity contribution in [3.05, 3.63) is 65.9 Å². The molecule has 3 heterocycles. The number of rotatable bonds is 5. The van der Waals surface area contributed by atoms with Gasteiger partial charge in [-0.25, -0.2) is 0 Å². The number of para-hydroxylation sites is 1. The predicted octanol–water partition coefficient (Wildman–Crippen LogP) is 3.98. The zero-order valence-corrected chi connectivity index (χ0v) is 16.9. The summed E-state index contributed by atoms with van der Waals surface area (Å²) < 4.78 is 7.40. The van der Waals surface area contributed by atoms with Crippen molar-refractivity contribution in [2.75, 3.05) is 26.7 Å². The van der Waals surface area contributed by atoms with Crippen LogP contribution in [0.3, 0.4) is 0 Å². The molecule has 0 radical (unpaired) electrons. The van der Waals surface area contributed by atoms with Crippen molar-refractivity contribution >= 4 is 16.8 Å². The highest BCUT2D eigenvalue weighted by molar-refractivity contribution is 6.00. The molecule has 5 nitrogen and oxygen atoms in total. The molecule has 0 N–H and O–H groups in total. The molecular weight excluding hydrogens is 362 g/mol. The maximum atomic E-state index is 12.9. The van der Waals surface area contributed by atoms with E-state index in [1.807, 2.05) is 35.2 Å². The van der Waals surface area contributed by atoms with Gasteiger partial charge in [-0.2, -0.15) is 0 Å². The number of nitrogens with zero attached hydrogens (tertiary/aromatic N) is 3. The van der Waals surface area contributed by atoms with E-state index in [1.54, 1.807) is 7.11 Å². The number of carbonyl (C=O) groups is 1. The summed E-state index contributed by atoms with van der Waals surface area (Å²) in [6, 6.07) is 18.6. The Kier molecular flexibility index (Phi) is 4.76. The lowest BCUT2D eigenvalue weighted by molar-refractivity contribution is 0.0698. The van der Waals surface area contributed by atoms with Crippen molar-refractivity contribution in [3.8, 4) is 5.75 Å². The number of hydrogen-bond donors (Lipinski definition) is 0. The first-order valence-electron chi connectivity index (χ1n) is 10.4. The minimum absolute atomic E-state index is 0.182. The third kappa shape index (κ3) is 3.51. The number of piperidine rings is 1. The topological polar surface area (TPSA) is 37.7 Å². The molecule has 0 spiro atoms. The third-order valence-electron chi connectivity index (χ3n) is 6.38. The molecule has 2 aromatic carbocycles. The van der Waals surface area contributed by atoms with Gasteiger partial charge >= 0.3 is 0 Å². The van der Waals surface area contributed by atoms with Crippen LogP contribution in [0.2, 0.25) is 0 Å². The van der Waals surface area contributed by atoms with Crippen molar-refractivity contribution in [2.45, 2.75) is 26.1 Å². The van der Waals surface area contributed by atoms with E-state index in [1.165, 1.54) is 5.56 Å². The van der Waals surface area contributed by atoms with Crippen LogP contribution in [0.4, 0.5) is 0 Å². The molecule has 0 unspecified atom stereocenters. The summed E-state index contributed by atoms with van der Waals surface area (Å²) in [4.78, 5) is 17.4. The molecule has 29 heavy (non-hydrogen) atoms. The fourth-order valence-electron chi connectivity index (χ4n) is 4.71. The molecule has 2 aliphatic heterocycles. The maximum absolute atomic E-state index is 12.9. The number of methoxy groups -OCH3 is 1. The Morgan fingerprint density at radius 3 is 2.55 bits per heavy atom. The van der Waals surface area contributed by atoms with Crippen molar-refractivity contribution in [3.63, 3.8) is 0 Å². The van der Waals surface area contributed by atoms with Gasteiger partial charge in [-0.3, -0.25) is 9.69 Å². The van der Waals surface area contributed by atoms with Crippen molar-refractivity contribution in [2.24, 2.45) is 5.92 Å². The molecule has 1 saturated heterocycles. The normalized spacial score (nSPS) is 17.8. The molecule has 0 saturated carbocycles. The molecule has 150 valence electrons. The van der Waals surface area contributed by atoms with Crippen molar-refractivity contribution in [1.29, 1.82) is 0 Å². The maximum Gasteiger partial charge on any atom is 0.272 e. The number of fused-ring (bicyclic) bond motifs is 3. The molecule has 0 atom stereocenters. The molecule has 5 rings (SSSR count). The van der Waals surface area contributed by atoms with E-state index in [9.17, 15) is 4.79 Å². The van der Waals surface area contributed by atoms with E-state index in [2.05, 4.69) is 33.7 Å². The Hall–Kier alpha value is -2.79. The SMILES string of the molecule is COc1ccc(CN2CCC(CN3Cn4c(cc5ccccc54)C3=O)CC2)cc1. The number of ether oxygens (including phenoxy) is 1. The number of amides is 1. The summed E-state index contributed by atoms with van der Waals surface area (Å²) in [5.41, 5.74) is 3.32. The molecule has 3 aromatic rings. The lowest BCUT2D eigenvalue weighted by Gasteiger charge is -2.33. The van der Waals surface area contributed by atoms with Crippen LogP contribution in [0, 0.1) is 5.92 Å². The van der Waals surface area contributed by atoms with Crippen LogP contribution in [-0.2, 0) is 13.2 Å². The number of hydrogen-bond acceptors (Lipinski definition) is 3. The standard InChI is InChI=1S/C24H27N3O2/c1-29-21-8-6-18(7-9-21)15-25-12-10-19(11-13-25)16-26-17-27-22-5-3-2-4-20(22)14-23(27)24(26)28/h2-9,14,19H,10-13,15-17H2,1H3. The first-order chi connectivity index (χ1) is 14.2. The lowest BCUT2D eigenvalue weighted by atomic mass is 9.96. The highest BCUT2D eigenvalue weighted by Gasteiger charge is 2.31. The number of carbonyl (C=O) groups excluding carboxylic acids is 1. The van der Waals surface area contributed by atoms with E-state index in [0.717, 1.165) is 61.4 Å². The monoisotopic (exact) mass is 389 g/mol. The molecule has 1 fully saturated rings. The second-order valence-corrected chi connectivity index (χ2v) is 8.25. The van der Waals surface area contributed by atoms with E-state index in [0.29, 0.717) is 12.6 Å². The van der Waals surface area contributed by atoms with Gasteiger partial charge in [0.2, 0.25) is 0 Å². The summed E-state index contributed by atoms with van der Waals surface area (Å²) in [6.45, 7) is 4.72. The summed E-state index contributed by atoms with van der Waals surface area (Å²) in [5.74, 6) is 1.67. The smallest absolute Gasteiger partial charge is 0.272 e. The lowest BCUT2D eigenvalue weighted by Crippen LogP contribution is -2.38. The van der Waals surface area contributed by atoms with Gasteiger partial charge in [0.25, 0.3) is 5.91 Å². The van der Waals surface area contributed by atoms with E-state index in [-0.39, 0.29) is 5.91 Å². The van der Waals surface area contributed by atoms with E-state index < -0.39 is 0 Å². The fourth-order valence-corrected chi connectivity index (χ4v) is 4.71. The molecule has 1 aromatic heterocycles. The quantitative estimate of drug-likeness (QED) is 0.663. The Balaban J connectivity index is 1.16. The summed E-state index contributed by atoms with van der Waals surface area (Å²) in [6.07, 6.45) is 2.30. The molecule has 0 bridgehead atoms. The fraction of sp³-hybridized carbons (Fsp3) is 0.375. The van der Waals surface area contributed by atoms with Crippen LogP contribution in [0.1, 0.15) is 28.9 Å². The Morgan fingerprint density at radius 2 is 1.79 bits per heavy atom. The zero-order chi connectivity index (χ0) is 19.8. The van der Waals surface area contributed by atoms with Gasteiger partial charge in [-0.1, -0.05) is 30.3 Å². The van der Waals surface area contributed by atoms with Gasteiger partial charge in [0.05, 0.1) is 19.3 Å². The second-order valence-electron chi connectivity index (χ2n) is 8.25. The Bertz CT molecular complexity index is 1020. The summed E-state index contributed by atoms with van der Waals surface area (Å²) in [7, 11) is 1.70. The van der Waals surface area contributed by atoms with Crippen LogP contribution < -0.4 is 4.74 Å². The van der Waals surface area contributed by atoms with Crippen LogP contribution in [0.25, 0.3) is 10.9 Å². The van der Waals surface area contributed by atoms with Gasteiger partial charge in [-0.05, 0) is 61.7 Å². The Labute approximate surface area is 171 Å². The average Bonchev–Trinajstić information content (AvgIpc) is 3.27. The third-order valence-corrected chi connectivity index (χ3v) is 6.38. The van der Waals surface area contributed by atoms with Crippen LogP contribution in [-0.4, -0.2) is 47.0 Å². The first kappa shape index (κ1) is 18.3. The summed E-state index contributed by atoms with van der Waals surface area (Å²) >= 11 is 0. The minimum Gasteiger partial charge on any atom is -0.497 e. The van der Waals surface area contributed by atoms with Crippen LogP contribution in [0.15, 0.2) is 54.6 Å². The second kappa shape index (κ2) is 7.56. The molecule has 1 amide bonds. The van der Waals surface area contributed by atoms with Crippen molar-refractivity contribution < 1.29 is 9.53 Å². The highest BCUT2D eigenvalue weighted by atomic mass is 16.5. The minimum atomic E-state index is 0.182. The number of likely N-dealkylation sites (tertiary alicyclic amines) is 1. The molecule has 5 heteroatoms. The Morgan fingerprint density at radius 1 is 1.03 bits per heavy atom.